The van der Waals surface area contributed by atoms with Gasteiger partial charge < -0.3 is 9.47 Å². The fourth-order valence-electron chi connectivity index (χ4n) is 3.55. The molecule has 0 radical (unpaired) electrons. The van der Waals surface area contributed by atoms with Gasteiger partial charge in [-0.2, -0.15) is 35.1 Å². The van der Waals surface area contributed by atoms with E-state index in [-0.39, 0.29) is 17.6 Å². The smallest absolute Gasteiger partial charge is 0.392 e. The second-order valence-corrected chi connectivity index (χ2v) is 8.52. The molecule has 182 valence electrons. The number of rotatable bonds is 10. The van der Waals surface area contributed by atoms with Crippen molar-refractivity contribution in [3.8, 4) is 0 Å². The summed E-state index contributed by atoms with van der Waals surface area (Å²) >= 11 is 5.65. The first-order valence-electron chi connectivity index (χ1n) is 9.05. The van der Waals surface area contributed by atoms with Crippen LogP contribution in [0.3, 0.4) is 0 Å². The predicted molar refractivity (Wildman–Crippen MR) is 101 cm³/mol. The summed E-state index contributed by atoms with van der Waals surface area (Å²) in [6, 6.07) is 0. The molecule has 0 aromatic rings. The highest BCUT2D eigenvalue weighted by molar-refractivity contribution is 14.1. The van der Waals surface area contributed by atoms with E-state index in [0.717, 1.165) is 0 Å². The van der Waals surface area contributed by atoms with Gasteiger partial charge in [-0.1, -0.05) is 22.6 Å². The number of alkyl halides is 10. The maximum Gasteiger partial charge on any atom is 0.392 e. The second-order valence-electron chi connectivity index (χ2n) is 7.16. The Kier molecular flexibility index (Phi) is 8.91. The molecule has 0 amide bonds. The SMILES string of the molecule is CCOC(=O)C1(C(=O)OCC)CC(CI)C(CC(F)(F)C(F)(F)C(F)(F)C(F)(F)Cl)C1. The van der Waals surface area contributed by atoms with Crippen LogP contribution >= 0.6 is 34.2 Å². The van der Waals surface area contributed by atoms with Crippen molar-refractivity contribution in [3.05, 3.63) is 0 Å². The summed E-state index contributed by atoms with van der Waals surface area (Å²) in [5, 5.41) is -5.95. The molecule has 1 rings (SSSR count). The van der Waals surface area contributed by atoms with Crippen LogP contribution in [-0.4, -0.2) is 52.7 Å². The molecule has 0 heterocycles. The molecule has 0 spiro atoms. The molecule has 0 bridgehead atoms. The third-order valence-electron chi connectivity index (χ3n) is 5.15. The molecule has 31 heavy (non-hydrogen) atoms. The van der Waals surface area contributed by atoms with Crippen molar-refractivity contribution in [3.63, 3.8) is 0 Å². The summed E-state index contributed by atoms with van der Waals surface area (Å²) in [7, 11) is 0. The molecule has 1 fully saturated rings. The second kappa shape index (κ2) is 9.72. The van der Waals surface area contributed by atoms with Crippen molar-refractivity contribution in [2.24, 2.45) is 17.3 Å². The molecule has 1 aliphatic carbocycles. The summed E-state index contributed by atoms with van der Waals surface area (Å²) in [6.45, 7) is 2.43. The van der Waals surface area contributed by atoms with Crippen LogP contribution in [0.2, 0.25) is 0 Å². The Morgan fingerprint density at radius 2 is 1.32 bits per heavy atom. The van der Waals surface area contributed by atoms with E-state index in [1.54, 1.807) is 22.6 Å². The van der Waals surface area contributed by atoms with E-state index in [1.165, 1.54) is 13.8 Å². The van der Waals surface area contributed by atoms with Crippen molar-refractivity contribution >= 4 is 46.1 Å². The summed E-state index contributed by atoms with van der Waals surface area (Å²) in [5.74, 6) is -23.5. The van der Waals surface area contributed by atoms with Crippen molar-refractivity contribution in [2.75, 3.05) is 17.6 Å². The van der Waals surface area contributed by atoms with Gasteiger partial charge in [-0.15, -0.1) is 0 Å². The zero-order valence-electron chi connectivity index (χ0n) is 16.3. The number of esters is 2. The Hall–Kier alpha value is -0.600. The van der Waals surface area contributed by atoms with E-state index in [2.05, 4.69) is 11.6 Å². The topological polar surface area (TPSA) is 52.6 Å². The number of ether oxygens (including phenoxy) is 2. The van der Waals surface area contributed by atoms with Gasteiger partial charge in [0.25, 0.3) is 0 Å². The number of halogens is 10. The van der Waals surface area contributed by atoms with Crippen LogP contribution in [0.25, 0.3) is 0 Å². The van der Waals surface area contributed by atoms with Crippen LogP contribution in [0.1, 0.15) is 33.1 Å². The summed E-state index contributed by atoms with van der Waals surface area (Å²) in [5.41, 5.74) is -2.10. The minimum absolute atomic E-state index is 0.0211. The number of hydrogen-bond acceptors (Lipinski definition) is 4. The summed E-state index contributed by atoms with van der Waals surface area (Å²) < 4.78 is 118. The van der Waals surface area contributed by atoms with Crippen molar-refractivity contribution < 1.29 is 54.2 Å². The standard InChI is InChI=1S/C17H20ClF8IO4/c1-3-30-11(28)13(12(29)31-4-2)5-9(10(6-13)8-27)7-14(19,20)15(21,22)16(23,24)17(18,25)26/h9-10H,3-8H2,1-2H3. The molecular weight excluding hydrogens is 583 g/mol. The van der Waals surface area contributed by atoms with Gasteiger partial charge in [0.2, 0.25) is 0 Å². The van der Waals surface area contributed by atoms with Gasteiger partial charge in [-0.3, -0.25) is 9.59 Å². The van der Waals surface area contributed by atoms with E-state index in [0.29, 0.717) is 0 Å². The normalized spacial score (nSPS) is 22.3. The van der Waals surface area contributed by atoms with E-state index in [4.69, 9.17) is 9.47 Å². The molecule has 14 heteroatoms. The van der Waals surface area contributed by atoms with Crippen molar-refractivity contribution in [1.82, 2.24) is 0 Å². The first-order valence-corrected chi connectivity index (χ1v) is 11.0. The molecule has 0 saturated heterocycles. The molecular formula is C17H20ClF8IO4. The lowest BCUT2D eigenvalue weighted by molar-refractivity contribution is -0.351. The van der Waals surface area contributed by atoms with Crippen LogP contribution in [0.15, 0.2) is 0 Å². The quantitative estimate of drug-likeness (QED) is 0.106. The molecule has 4 nitrogen and oxygen atoms in total. The Labute approximate surface area is 191 Å². The third kappa shape index (κ3) is 5.16. The van der Waals surface area contributed by atoms with Gasteiger partial charge in [-0.05, 0) is 50.1 Å². The maximum absolute atomic E-state index is 14.3. The van der Waals surface area contributed by atoms with E-state index in [9.17, 15) is 44.7 Å². The van der Waals surface area contributed by atoms with Crippen LogP contribution < -0.4 is 0 Å². The predicted octanol–water partition coefficient (Wildman–Crippen LogP) is 5.69. The molecule has 1 saturated carbocycles. The fourth-order valence-corrected chi connectivity index (χ4v) is 4.70. The van der Waals surface area contributed by atoms with Gasteiger partial charge in [-0.25, -0.2) is 0 Å². The Morgan fingerprint density at radius 3 is 1.68 bits per heavy atom. The number of hydrogen-bond donors (Lipinski definition) is 0. The summed E-state index contributed by atoms with van der Waals surface area (Å²) in [4.78, 5) is 24.9. The van der Waals surface area contributed by atoms with Crippen LogP contribution in [0, 0.1) is 17.3 Å². The lowest BCUT2D eigenvalue weighted by Gasteiger charge is -2.36. The lowest BCUT2D eigenvalue weighted by Crippen LogP contribution is -2.61. The molecule has 1 aliphatic rings. The van der Waals surface area contributed by atoms with Crippen LogP contribution in [0.4, 0.5) is 35.1 Å². The highest BCUT2D eigenvalue weighted by atomic mass is 127. The fraction of sp³-hybridized carbons (Fsp3) is 0.882. The van der Waals surface area contributed by atoms with E-state index in [1.807, 2.05) is 0 Å². The molecule has 0 N–H and O–H groups in total. The van der Waals surface area contributed by atoms with Crippen LogP contribution in [-0.2, 0) is 19.1 Å². The Morgan fingerprint density at radius 1 is 0.903 bits per heavy atom. The van der Waals surface area contributed by atoms with Crippen molar-refractivity contribution in [1.29, 1.82) is 0 Å². The summed E-state index contributed by atoms with van der Waals surface area (Å²) in [6.07, 6.45) is -3.16. The molecule has 0 aliphatic heterocycles. The first kappa shape index (κ1) is 28.4. The molecule has 0 aromatic carbocycles. The zero-order chi connectivity index (χ0) is 24.5. The van der Waals surface area contributed by atoms with Crippen molar-refractivity contribution in [2.45, 2.75) is 56.3 Å². The van der Waals surface area contributed by atoms with Gasteiger partial charge in [0, 0.05) is 10.8 Å². The van der Waals surface area contributed by atoms with Gasteiger partial charge in [0.15, 0.2) is 5.41 Å². The van der Waals surface area contributed by atoms with Gasteiger partial charge >= 0.3 is 35.1 Å². The zero-order valence-corrected chi connectivity index (χ0v) is 19.2. The van der Waals surface area contributed by atoms with E-state index >= 15 is 0 Å². The monoisotopic (exact) mass is 602 g/mol. The maximum atomic E-state index is 14.3. The Balaban J connectivity index is 3.32. The Bertz CT molecular complexity index is 653. The largest absolute Gasteiger partial charge is 0.465 e. The number of carbonyl (C=O) groups excluding carboxylic acids is 2. The van der Waals surface area contributed by atoms with Gasteiger partial charge in [0.05, 0.1) is 13.2 Å². The average Bonchev–Trinajstić information content (AvgIpc) is 3.00. The third-order valence-corrected chi connectivity index (χ3v) is 6.52. The molecule has 2 atom stereocenters. The van der Waals surface area contributed by atoms with Gasteiger partial charge in [0.1, 0.15) is 0 Å². The van der Waals surface area contributed by atoms with Crippen LogP contribution in [0.5, 0.6) is 0 Å². The minimum Gasteiger partial charge on any atom is -0.465 e. The average molecular weight is 603 g/mol. The molecule has 2 unspecified atom stereocenters. The minimum atomic E-state index is -6.57. The first-order chi connectivity index (χ1) is 13.9. The highest BCUT2D eigenvalue weighted by Crippen LogP contribution is 2.58. The highest BCUT2D eigenvalue weighted by Gasteiger charge is 2.80. The van der Waals surface area contributed by atoms with E-state index < -0.39 is 71.6 Å². The lowest BCUT2D eigenvalue weighted by atomic mass is 9.83. The number of carbonyl (C=O) groups is 2. The molecule has 0 aromatic heterocycles.